The summed E-state index contributed by atoms with van der Waals surface area (Å²) in [5.41, 5.74) is -1.15. The second kappa shape index (κ2) is 7.30. The molecule has 1 aliphatic heterocycles. The van der Waals surface area contributed by atoms with Crippen LogP contribution in [0.2, 0.25) is 0 Å². The molecule has 0 bridgehead atoms. The number of hydrogen-bond acceptors (Lipinski definition) is 6. The van der Waals surface area contributed by atoms with Crippen LogP contribution in [-0.2, 0) is 6.18 Å². The first-order chi connectivity index (χ1) is 13.7. The highest BCUT2D eigenvalue weighted by Gasteiger charge is 2.39. The SMILES string of the molecule is C/C(=N\N1CC[NH+](C)CC1)c1c(C(F)(F)F)nn(-c2nc3ccccc3s2)c1[O-]. The molecule has 7 nitrogen and oxygen atoms in total. The van der Waals surface area contributed by atoms with Crippen LogP contribution in [-0.4, -0.2) is 58.7 Å². The van der Waals surface area contributed by atoms with Crippen LogP contribution in [0.25, 0.3) is 15.3 Å². The fraction of sp³-hybridized carbons (Fsp3) is 0.389. The molecular formula is C18H19F3N6OS. The Kier molecular flexibility index (Phi) is 4.95. The maximum absolute atomic E-state index is 13.6. The molecule has 154 valence electrons. The van der Waals surface area contributed by atoms with Gasteiger partial charge in [-0.2, -0.15) is 23.4 Å². The lowest BCUT2D eigenvalue weighted by atomic mass is 10.1. The molecule has 1 fully saturated rings. The molecule has 1 N–H and O–H groups in total. The monoisotopic (exact) mass is 424 g/mol. The summed E-state index contributed by atoms with van der Waals surface area (Å²) in [5.74, 6) is -0.864. The second-order valence-corrected chi connectivity index (χ2v) is 8.01. The van der Waals surface area contributed by atoms with Crippen molar-refractivity contribution in [3.63, 3.8) is 0 Å². The number of rotatable bonds is 3. The summed E-state index contributed by atoms with van der Waals surface area (Å²) in [6.45, 7) is 4.31. The van der Waals surface area contributed by atoms with E-state index in [1.165, 1.54) is 11.8 Å². The van der Waals surface area contributed by atoms with Crippen molar-refractivity contribution in [2.75, 3.05) is 33.2 Å². The number of fused-ring (bicyclic) bond motifs is 1. The van der Waals surface area contributed by atoms with E-state index >= 15 is 0 Å². The standard InChI is InChI=1S/C18H19F3N6OS/c1-11(23-26-9-7-25(2)8-10-26)14-15(18(19,20)21)24-27(16(14)28)17-22-12-5-3-4-6-13(12)29-17/h3-6,28H,7-10H2,1-2H3/b23-11+. The second-order valence-electron chi connectivity index (χ2n) is 7.00. The van der Waals surface area contributed by atoms with Gasteiger partial charge in [0, 0.05) is 11.4 Å². The molecule has 2 aromatic heterocycles. The average Bonchev–Trinajstić information content (AvgIpc) is 3.24. The largest absolute Gasteiger partial charge is 0.858 e. The molecule has 0 unspecified atom stereocenters. The number of nitrogens with one attached hydrogen (secondary N) is 1. The number of piperazine rings is 1. The lowest BCUT2D eigenvalue weighted by Gasteiger charge is -2.28. The molecule has 0 amide bonds. The van der Waals surface area contributed by atoms with E-state index in [-0.39, 0.29) is 10.8 Å². The lowest BCUT2D eigenvalue weighted by molar-refractivity contribution is -0.884. The summed E-state index contributed by atoms with van der Waals surface area (Å²) in [7, 11) is 2.05. The topological polar surface area (TPSA) is 73.8 Å². The van der Waals surface area contributed by atoms with E-state index in [1.807, 2.05) is 7.05 Å². The van der Waals surface area contributed by atoms with Crippen LogP contribution in [0.5, 0.6) is 5.88 Å². The van der Waals surface area contributed by atoms with E-state index in [1.54, 1.807) is 29.3 Å². The zero-order valence-electron chi connectivity index (χ0n) is 15.8. The maximum Gasteiger partial charge on any atom is 0.435 e. The van der Waals surface area contributed by atoms with Gasteiger partial charge in [0.2, 0.25) is 5.13 Å². The highest BCUT2D eigenvalue weighted by Crippen LogP contribution is 2.37. The van der Waals surface area contributed by atoms with Gasteiger partial charge >= 0.3 is 6.18 Å². The van der Waals surface area contributed by atoms with Gasteiger partial charge in [-0.15, -0.1) is 0 Å². The highest BCUT2D eigenvalue weighted by atomic mass is 32.1. The van der Waals surface area contributed by atoms with Gasteiger partial charge < -0.3 is 10.0 Å². The highest BCUT2D eigenvalue weighted by molar-refractivity contribution is 7.20. The number of alkyl halides is 3. The van der Waals surface area contributed by atoms with Gasteiger partial charge in [0.15, 0.2) is 5.69 Å². The van der Waals surface area contributed by atoms with E-state index in [2.05, 4.69) is 15.2 Å². The molecule has 0 saturated carbocycles. The predicted octanol–water partition coefficient (Wildman–Crippen LogP) is 1.13. The summed E-state index contributed by atoms with van der Waals surface area (Å²) in [4.78, 5) is 5.59. The third-order valence-corrected chi connectivity index (χ3v) is 5.83. The average molecular weight is 424 g/mol. The molecule has 0 spiro atoms. The molecule has 0 radical (unpaired) electrons. The number of quaternary nitrogens is 1. The minimum absolute atomic E-state index is 0.00855. The Morgan fingerprint density at radius 3 is 2.59 bits per heavy atom. The number of hydrazone groups is 1. The summed E-state index contributed by atoms with van der Waals surface area (Å²) < 4.78 is 42.4. The van der Waals surface area contributed by atoms with Crippen LogP contribution in [0, 0.1) is 0 Å². The fourth-order valence-corrected chi connectivity index (χ4v) is 4.16. The van der Waals surface area contributed by atoms with Crippen molar-refractivity contribution >= 4 is 27.3 Å². The smallest absolute Gasteiger partial charge is 0.435 e. The predicted molar refractivity (Wildman–Crippen MR) is 102 cm³/mol. The van der Waals surface area contributed by atoms with Crippen molar-refractivity contribution in [1.82, 2.24) is 19.8 Å². The van der Waals surface area contributed by atoms with Crippen molar-refractivity contribution in [2.24, 2.45) is 5.10 Å². The molecule has 3 heterocycles. The van der Waals surface area contributed by atoms with E-state index in [4.69, 9.17) is 0 Å². The van der Waals surface area contributed by atoms with E-state index < -0.39 is 23.3 Å². The van der Waals surface area contributed by atoms with Crippen LogP contribution >= 0.6 is 11.3 Å². The minimum Gasteiger partial charge on any atom is -0.858 e. The number of nitrogens with zero attached hydrogens (tertiary/aromatic N) is 5. The minimum atomic E-state index is -4.78. The van der Waals surface area contributed by atoms with Crippen LogP contribution in [0.15, 0.2) is 29.4 Å². The molecule has 0 atom stereocenters. The van der Waals surface area contributed by atoms with Crippen molar-refractivity contribution in [1.29, 1.82) is 0 Å². The lowest BCUT2D eigenvalue weighted by Crippen LogP contribution is -3.11. The van der Waals surface area contributed by atoms with Gasteiger partial charge in [-0.05, 0) is 19.1 Å². The molecule has 1 aromatic carbocycles. The Hall–Kier alpha value is -2.66. The molecule has 3 aromatic rings. The van der Waals surface area contributed by atoms with E-state index in [9.17, 15) is 18.3 Å². The van der Waals surface area contributed by atoms with Gasteiger partial charge in [0.1, 0.15) is 0 Å². The van der Waals surface area contributed by atoms with Crippen molar-refractivity contribution in [3.8, 4) is 11.0 Å². The molecular weight excluding hydrogens is 405 g/mol. The summed E-state index contributed by atoms with van der Waals surface area (Å²) in [6.07, 6.45) is -4.78. The third kappa shape index (κ3) is 3.79. The summed E-state index contributed by atoms with van der Waals surface area (Å²) >= 11 is 1.11. The number of para-hydroxylation sites is 1. The van der Waals surface area contributed by atoms with Crippen LogP contribution in [0.4, 0.5) is 13.2 Å². The molecule has 0 aliphatic carbocycles. The first kappa shape index (κ1) is 19.6. The van der Waals surface area contributed by atoms with Gasteiger partial charge in [0.25, 0.3) is 0 Å². The fourth-order valence-electron chi connectivity index (χ4n) is 3.25. The normalized spacial score (nSPS) is 16.7. The van der Waals surface area contributed by atoms with Crippen LogP contribution in [0.1, 0.15) is 18.2 Å². The Labute approximate surface area is 168 Å². The van der Waals surface area contributed by atoms with Crippen molar-refractivity contribution in [2.45, 2.75) is 13.1 Å². The van der Waals surface area contributed by atoms with E-state index in [0.717, 1.165) is 33.8 Å². The number of aromatic nitrogens is 3. The first-order valence-corrected chi connectivity index (χ1v) is 9.90. The number of hydrogen-bond donors (Lipinski definition) is 1. The number of benzene rings is 1. The maximum atomic E-state index is 13.6. The third-order valence-electron chi connectivity index (χ3n) is 4.82. The molecule has 1 aliphatic rings. The van der Waals surface area contributed by atoms with Gasteiger partial charge in [0.05, 0.1) is 49.2 Å². The Bertz CT molecular complexity index is 1030. The van der Waals surface area contributed by atoms with Crippen LogP contribution in [0.3, 0.4) is 0 Å². The molecule has 29 heavy (non-hydrogen) atoms. The molecule has 11 heteroatoms. The Balaban J connectivity index is 1.78. The Morgan fingerprint density at radius 1 is 1.24 bits per heavy atom. The Morgan fingerprint density at radius 2 is 1.93 bits per heavy atom. The van der Waals surface area contributed by atoms with Gasteiger partial charge in [-0.1, -0.05) is 23.5 Å². The summed E-state index contributed by atoms with van der Waals surface area (Å²) in [6, 6.07) is 7.09. The number of likely N-dealkylation sites (N-methyl/N-ethyl adjacent to an activating group) is 1. The zero-order chi connectivity index (χ0) is 20.8. The summed E-state index contributed by atoms with van der Waals surface area (Å²) in [5, 5.41) is 22.6. The molecule has 4 rings (SSSR count). The van der Waals surface area contributed by atoms with Gasteiger partial charge in [-0.3, -0.25) is 5.01 Å². The van der Waals surface area contributed by atoms with Crippen molar-refractivity contribution in [3.05, 3.63) is 35.5 Å². The van der Waals surface area contributed by atoms with Crippen LogP contribution < -0.4 is 10.0 Å². The first-order valence-electron chi connectivity index (χ1n) is 9.09. The number of halogens is 3. The van der Waals surface area contributed by atoms with Gasteiger partial charge in [-0.25, -0.2) is 9.67 Å². The van der Waals surface area contributed by atoms with E-state index in [0.29, 0.717) is 18.6 Å². The van der Waals surface area contributed by atoms with Crippen molar-refractivity contribution < 1.29 is 23.2 Å². The molecule has 1 saturated heterocycles. The number of thiazole rings is 1. The zero-order valence-corrected chi connectivity index (χ0v) is 16.6. The quantitative estimate of drug-likeness (QED) is 0.640.